The SMILES string of the molecule is Cc1cc(C)n(CC(=O)NNC(=O)c2cc(F)ccc2Br)n1. The van der Waals surface area contributed by atoms with E-state index >= 15 is 0 Å². The Morgan fingerprint density at radius 1 is 1.27 bits per heavy atom. The van der Waals surface area contributed by atoms with E-state index in [0.29, 0.717) is 4.47 Å². The normalized spacial score (nSPS) is 10.4. The van der Waals surface area contributed by atoms with Crippen LogP contribution in [0.3, 0.4) is 0 Å². The summed E-state index contributed by atoms with van der Waals surface area (Å²) in [6, 6.07) is 5.56. The Balaban J connectivity index is 1.95. The lowest BCUT2D eigenvalue weighted by molar-refractivity contribution is -0.122. The second-order valence-electron chi connectivity index (χ2n) is 4.71. The molecule has 0 aliphatic rings. The number of nitrogens with one attached hydrogen (secondary N) is 2. The number of hydrazine groups is 1. The molecule has 1 aromatic heterocycles. The van der Waals surface area contributed by atoms with Crippen molar-refractivity contribution in [1.82, 2.24) is 20.6 Å². The predicted octanol–water partition coefficient (Wildman–Crippen LogP) is 1.86. The third-order valence-electron chi connectivity index (χ3n) is 2.89. The Bertz CT molecular complexity index is 730. The summed E-state index contributed by atoms with van der Waals surface area (Å²) in [4.78, 5) is 23.7. The van der Waals surface area contributed by atoms with Gasteiger partial charge in [-0.05, 0) is 54.0 Å². The highest BCUT2D eigenvalue weighted by Crippen LogP contribution is 2.17. The summed E-state index contributed by atoms with van der Waals surface area (Å²) in [5, 5.41) is 4.15. The quantitative estimate of drug-likeness (QED) is 0.811. The molecule has 116 valence electrons. The number of amides is 2. The highest BCUT2D eigenvalue weighted by molar-refractivity contribution is 9.10. The average Bonchev–Trinajstić information content (AvgIpc) is 2.77. The predicted molar refractivity (Wildman–Crippen MR) is 81.4 cm³/mol. The summed E-state index contributed by atoms with van der Waals surface area (Å²) in [7, 11) is 0. The van der Waals surface area contributed by atoms with E-state index in [4.69, 9.17) is 0 Å². The first-order valence-corrected chi connectivity index (χ1v) is 7.21. The number of hydrogen-bond donors (Lipinski definition) is 2. The molecule has 1 heterocycles. The molecule has 0 bridgehead atoms. The van der Waals surface area contributed by atoms with Crippen LogP contribution in [0, 0.1) is 19.7 Å². The molecule has 0 aliphatic heterocycles. The van der Waals surface area contributed by atoms with E-state index in [1.165, 1.54) is 16.8 Å². The van der Waals surface area contributed by atoms with E-state index in [0.717, 1.165) is 17.5 Å². The maximum atomic E-state index is 13.1. The zero-order valence-electron chi connectivity index (χ0n) is 12.0. The monoisotopic (exact) mass is 368 g/mol. The number of carbonyl (C=O) groups is 2. The molecule has 2 rings (SSSR count). The topological polar surface area (TPSA) is 76.0 Å². The van der Waals surface area contributed by atoms with Crippen molar-refractivity contribution in [2.45, 2.75) is 20.4 Å². The lowest BCUT2D eigenvalue weighted by Gasteiger charge is -2.09. The molecule has 0 saturated carbocycles. The Labute approximate surface area is 134 Å². The summed E-state index contributed by atoms with van der Waals surface area (Å²) < 4.78 is 15.1. The number of nitrogens with zero attached hydrogens (tertiary/aromatic N) is 2. The van der Waals surface area contributed by atoms with Gasteiger partial charge in [0.05, 0.1) is 11.3 Å². The van der Waals surface area contributed by atoms with Crippen molar-refractivity contribution in [3.63, 3.8) is 0 Å². The number of rotatable bonds is 3. The third-order valence-corrected chi connectivity index (χ3v) is 3.58. The van der Waals surface area contributed by atoms with E-state index in [-0.39, 0.29) is 12.1 Å². The molecule has 2 amide bonds. The molecular weight excluding hydrogens is 355 g/mol. The Morgan fingerprint density at radius 3 is 2.64 bits per heavy atom. The first-order valence-electron chi connectivity index (χ1n) is 6.42. The molecule has 2 N–H and O–H groups in total. The third kappa shape index (κ3) is 3.91. The maximum Gasteiger partial charge on any atom is 0.270 e. The maximum absolute atomic E-state index is 13.1. The minimum Gasteiger partial charge on any atom is -0.271 e. The molecule has 8 heteroatoms. The molecule has 2 aromatic rings. The molecular formula is C14H14BrFN4O2. The van der Waals surface area contributed by atoms with E-state index < -0.39 is 17.6 Å². The summed E-state index contributed by atoms with van der Waals surface area (Å²) >= 11 is 3.15. The van der Waals surface area contributed by atoms with Crippen LogP contribution in [0.1, 0.15) is 21.7 Å². The van der Waals surface area contributed by atoms with E-state index in [1.54, 1.807) is 0 Å². The van der Waals surface area contributed by atoms with E-state index in [9.17, 15) is 14.0 Å². The van der Waals surface area contributed by atoms with Crippen LogP contribution in [0.25, 0.3) is 0 Å². The Morgan fingerprint density at radius 2 is 2.00 bits per heavy atom. The minimum absolute atomic E-state index is 0.0235. The van der Waals surface area contributed by atoms with Gasteiger partial charge >= 0.3 is 0 Å². The summed E-state index contributed by atoms with van der Waals surface area (Å²) in [6.07, 6.45) is 0. The highest BCUT2D eigenvalue weighted by Gasteiger charge is 2.13. The van der Waals surface area contributed by atoms with E-state index in [1.807, 2.05) is 19.9 Å². The minimum atomic E-state index is -0.618. The summed E-state index contributed by atoms with van der Waals surface area (Å²) in [6.45, 7) is 3.63. The van der Waals surface area contributed by atoms with Crippen LogP contribution in [0.5, 0.6) is 0 Å². The summed E-state index contributed by atoms with van der Waals surface area (Å²) in [5.74, 6) is -1.59. The van der Waals surface area contributed by atoms with Crippen molar-refractivity contribution in [2.75, 3.05) is 0 Å². The number of benzene rings is 1. The Hall–Kier alpha value is -2.22. The van der Waals surface area contributed by atoms with Gasteiger partial charge in [0.2, 0.25) is 0 Å². The Kier molecular flexibility index (Phi) is 4.92. The molecule has 0 radical (unpaired) electrons. The van der Waals surface area contributed by atoms with Crippen LogP contribution < -0.4 is 10.9 Å². The van der Waals surface area contributed by atoms with Crippen LogP contribution in [-0.4, -0.2) is 21.6 Å². The van der Waals surface area contributed by atoms with Gasteiger partial charge in [-0.2, -0.15) is 5.10 Å². The fourth-order valence-electron chi connectivity index (χ4n) is 1.88. The molecule has 0 saturated heterocycles. The van der Waals surface area contributed by atoms with Crippen molar-refractivity contribution in [1.29, 1.82) is 0 Å². The lowest BCUT2D eigenvalue weighted by atomic mass is 10.2. The van der Waals surface area contributed by atoms with Crippen molar-refractivity contribution < 1.29 is 14.0 Å². The van der Waals surface area contributed by atoms with Gasteiger partial charge in [-0.15, -0.1) is 0 Å². The zero-order chi connectivity index (χ0) is 16.3. The van der Waals surface area contributed by atoms with Crippen LogP contribution >= 0.6 is 15.9 Å². The van der Waals surface area contributed by atoms with Gasteiger partial charge < -0.3 is 0 Å². The molecule has 1 aromatic carbocycles. The number of aryl methyl sites for hydroxylation is 2. The van der Waals surface area contributed by atoms with Gasteiger partial charge in [-0.3, -0.25) is 25.1 Å². The van der Waals surface area contributed by atoms with Gasteiger partial charge in [0.1, 0.15) is 12.4 Å². The van der Waals surface area contributed by atoms with Crippen molar-refractivity contribution >= 4 is 27.7 Å². The van der Waals surface area contributed by atoms with Gasteiger partial charge in [-0.1, -0.05) is 0 Å². The van der Waals surface area contributed by atoms with Crippen LogP contribution in [-0.2, 0) is 11.3 Å². The van der Waals surface area contributed by atoms with E-state index in [2.05, 4.69) is 31.9 Å². The standard InChI is InChI=1S/C14H14BrFN4O2/c1-8-5-9(2)20(19-8)7-13(21)17-18-14(22)11-6-10(16)3-4-12(11)15/h3-6H,7H2,1-2H3,(H,17,21)(H,18,22). The molecule has 0 fully saturated rings. The number of hydrogen-bond acceptors (Lipinski definition) is 3. The second kappa shape index (κ2) is 6.69. The van der Waals surface area contributed by atoms with Crippen molar-refractivity contribution in [3.05, 3.63) is 51.5 Å². The fraction of sp³-hybridized carbons (Fsp3) is 0.214. The smallest absolute Gasteiger partial charge is 0.270 e. The molecule has 0 atom stereocenters. The zero-order valence-corrected chi connectivity index (χ0v) is 13.6. The lowest BCUT2D eigenvalue weighted by Crippen LogP contribution is -2.43. The van der Waals surface area contributed by atoms with Gasteiger partial charge in [0, 0.05) is 10.2 Å². The molecule has 0 spiro atoms. The molecule has 0 unspecified atom stereocenters. The van der Waals surface area contributed by atoms with Crippen LogP contribution in [0.4, 0.5) is 4.39 Å². The van der Waals surface area contributed by atoms with Gasteiger partial charge in [0.15, 0.2) is 0 Å². The van der Waals surface area contributed by atoms with Gasteiger partial charge in [0.25, 0.3) is 11.8 Å². The average molecular weight is 369 g/mol. The largest absolute Gasteiger partial charge is 0.271 e. The molecule has 0 aliphatic carbocycles. The van der Waals surface area contributed by atoms with Crippen LogP contribution in [0.15, 0.2) is 28.7 Å². The number of halogens is 2. The second-order valence-corrected chi connectivity index (χ2v) is 5.57. The first-order chi connectivity index (χ1) is 10.4. The molecule has 6 nitrogen and oxygen atoms in total. The fourth-order valence-corrected chi connectivity index (χ4v) is 2.30. The van der Waals surface area contributed by atoms with Crippen molar-refractivity contribution in [3.8, 4) is 0 Å². The first kappa shape index (κ1) is 16.2. The molecule has 22 heavy (non-hydrogen) atoms. The number of aromatic nitrogens is 2. The van der Waals surface area contributed by atoms with Crippen LogP contribution in [0.2, 0.25) is 0 Å². The highest BCUT2D eigenvalue weighted by atomic mass is 79.9. The van der Waals surface area contributed by atoms with Crippen molar-refractivity contribution in [2.24, 2.45) is 0 Å². The number of carbonyl (C=O) groups excluding carboxylic acids is 2. The van der Waals surface area contributed by atoms with Gasteiger partial charge in [-0.25, -0.2) is 4.39 Å². The summed E-state index contributed by atoms with van der Waals surface area (Å²) in [5.41, 5.74) is 6.24.